The number of carbonyl (C=O) groups excluding carboxylic acids is 1. The minimum absolute atomic E-state index is 0.0942. The molecular formula is C14H23N3O2. The van der Waals surface area contributed by atoms with Crippen LogP contribution in [0.4, 0.5) is 5.82 Å². The number of aliphatic hydroxyl groups is 1. The number of hydrogen-bond donors (Lipinski definition) is 2. The van der Waals surface area contributed by atoms with Crippen molar-refractivity contribution in [2.24, 2.45) is 0 Å². The van der Waals surface area contributed by atoms with E-state index in [0.717, 1.165) is 13.0 Å². The molecule has 0 aliphatic carbocycles. The molecule has 0 saturated heterocycles. The van der Waals surface area contributed by atoms with Gasteiger partial charge in [-0.1, -0.05) is 13.0 Å². The van der Waals surface area contributed by atoms with Gasteiger partial charge in [0.2, 0.25) is 0 Å². The van der Waals surface area contributed by atoms with Gasteiger partial charge in [-0.3, -0.25) is 4.79 Å². The van der Waals surface area contributed by atoms with Crippen LogP contribution in [0.15, 0.2) is 18.2 Å². The number of carbonyl (C=O) groups is 1. The van der Waals surface area contributed by atoms with Crippen molar-refractivity contribution in [2.75, 3.05) is 25.5 Å². The van der Waals surface area contributed by atoms with E-state index in [-0.39, 0.29) is 12.5 Å². The molecule has 1 aromatic rings. The highest BCUT2D eigenvalue weighted by molar-refractivity contribution is 5.93. The molecule has 0 aromatic carbocycles. The van der Waals surface area contributed by atoms with Crippen molar-refractivity contribution in [1.29, 1.82) is 0 Å². The molecule has 1 heterocycles. The molecular weight excluding hydrogens is 242 g/mol. The maximum Gasteiger partial charge on any atom is 0.272 e. The number of anilines is 1. The van der Waals surface area contributed by atoms with E-state index in [4.69, 9.17) is 0 Å². The van der Waals surface area contributed by atoms with E-state index >= 15 is 0 Å². The van der Waals surface area contributed by atoms with Crippen LogP contribution in [0.1, 0.15) is 37.7 Å². The zero-order chi connectivity index (χ0) is 14.5. The number of nitrogens with zero attached hydrogens (tertiary/aromatic N) is 2. The number of likely N-dealkylation sites (N-methyl/N-ethyl adjacent to an activating group) is 1. The number of aliphatic hydroxyl groups excluding tert-OH is 1. The summed E-state index contributed by atoms with van der Waals surface area (Å²) in [5.74, 6) is 0.502. The first kappa shape index (κ1) is 15.4. The molecule has 0 atom stereocenters. The van der Waals surface area contributed by atoms with Gasteiger partial charge in [0, 0.05) is 13.6 Å². The molecule has 0 bridgehead atoms. The van der Waals surface area contributed by atoms with E-state index in [1.54, 1.807) is 19.2 Å². The van der Waals surface area contributed by atoms with Gasteiger partial charge in [-0.05, 0) is 32.4 Å². The summed E-state index contributed by atoms with van der Waals surface area (Å²) < 4.78 is 0. The molecule has 1 aromatic heterocycles. The van der Waals surface area contributed by atoms with Gasteiger partial charge in [0.25, 0.3) is 5.91 Å². The molecule has 0 fully saturated rings. The van der Waals surface area contributed by atoms with Crippen molar-refractivity contribution in [1.82, 2.24) is 9.88 Å². The Morgan fingerprint density at radius 1 is 1.47 bits per heavy atom. The van der Waals surface area contributed by atoms with Gasteiger partial charge in [0.1, 0.15) is 11.5 Å². The fraction of sp³-hybridized carbons (Fsp3) is 0.571. The number of amides is 1. The molecule has 0 aliphatic rings. The Bertz CT molecular complexity index is 432. The van der Waals surface area contributed by atoms with Crippen LogP contribution in [-0.4, -0.2) is 46.6 Å². The summed E-state index contributed by atoms with van der Waals surface area (Å²) in [7, 11) is 1.67. The Labute approximate surface area is 114 Å². The van der Waals surface area contributed by atoms with Gasteiger partial charge < -0.3 is 15.3 Å². The molecule has 5 heteroatoms. The van der Waals surface area contributed by atoms with E-state index in [1.165, 1.54) is 4.90 Å². The summed E-state index contributed by atoms with van der Waals surface area (Å²) in [6, 6.07) is 5.32. The summed E-state index contributed by atoms with van der Waals surface area (Å²) in [4.78, 5) is 18.1. The highest BCUT2D eigenvalue weighted by Gasteiger charge is 2.28. The lowest BCUT2D eigenvalue weighted by molar-refractivity contribution is 0.0468. The lowest BCUT2D eigenvalue weighted by atomic mass is 10.0. The van der Waals surface area contributed by atoms with Gasteiger partial charge in [0.15, 0.2) is 0 Å². The first-order valence-electron chi connectivity index (χ1n) is 6.52. The fourth-order valence-electron chi connectivity index (χ4n) is 1.46. The summed E-state index contributed by atoms with van der Waals surface area (Å²) in [6.45, 7) is 6.42. The molecule has 0 spiro atoms. The van der Waals surface area contributed by atoms with Crippen molar-refractivity contribution in [3.8, 4) is 0 Å². The zero-order valence-corrected chi connectivity index (χ0v) is 12.1. The smallest absolute Gasteiger partial charge is 0.272 e. The predicted octanol–water partition coefficient (Wildman–Crippen LogP) is 1.75. The van der Waals surface area contributed by atoms with Crippen LogP contribution >= 0.6 is 0 Å². The number of rotatable bonds is 6. The van der Waals surface area contributed by atoms with E-state index < -0.39 is 5.54 Å². The van der Waals surface area contributed by atoms with E-state index in [1.807, 2.05) is 19.9 Å². The van der Waals surface area contributed by atoms with E-state index in [9.17, 15) is 9.90 Å². The summed E-state index contributed by atoms with van der Waals surface area (Å²) in [5.41, 5.74) is -0.226. The van der Waals surface area contributed by atoms with Gasteiger partial charge in [-0.15, -0.1) is 0 Å². The van der Waals surface area contributed by atoms with E-state index in [2.05, 4.69) is 17.2 Å². The van der Waals surface area contributed by atoms with Crippen LogP contribution in [0.3, 0.4) is 0 Å². The van der Waals surface area contributed by atoms with Crippen molar-refractivity contribution in [2.45, 2.75) is 32.7 Å². The quantitative estimate of drug-likeness (QED) is 0.822. The van der Waals surface area contributed by atoms with E-state index in [0.29, 0.717) is 11.5 Å². The lowest BCUT2D eigenvalue weighted by Gasteiger charge is -2.33. The van der Waals surface area contributed by atoms with Crippen molar-refractivity contribution in [3.05, 3.63) is 23.9 Å². The van der Waals surface area contributed by atoms with Crippen LogP contribution in [0.25, 0.3) is 0 Å². The molecule has 19 heavy (non-hydrogen) atoms. The maximum atomic E-state index is 12.3. The minimum Gasteiger partial charge on any atom is -0.394 e. The molecule has 0 saturated carbocycles. The topological polar surface area (TPSA) is 65.5 Å². The molecule has 5 nitrogen and oxygen atoms in total. The average Bonchev–Trinajstić information content (AvgIpc) is 2.43. The van der Waals surface area contributed by atoms with Gasteiger partial charge >= 0.3 is 0 Å². The minimum atomic E-state index is -0.606. The van der Waals surface area contributed by atoms with Crippen LogP contribution in [0.2, 0.25) is 0 Å². The third-order valence-electron chi connectivity index (χ3n) is 3.12. The van der Waals surface area contributed by atoms with Gasteiger partial charge in [0.05, 0.1) is 12.1 Å². The normalized spacial score (nSPS) is 11.2. The Morgan fingerprint density at radius 3 is 2.74 bits per heavy atom. The first-order chi connectivity index (χ1) is 8.92. The number of nitrogens with one attached hydrogen (secondary N) is 1. The van der Waals surface area contributed by atoms with Crippen LogP contribution in [0, 0.1) is 0 Å². The fourth-order valence-corrected chi connectivity index (χ4v) is 1.46. The Balaban J connectivity index is 2.88. The molecule has 0 aliphatic heterocycles. The zero-order valence-electron chi connectivity index (χ0n) is 12.1. The highest BCUT2D eigenvalue weighted by atomic mass is 16.3. The largest absolute Gasteiger partial charge is 0.394 e. The van der Waals surface area contributed by atoms with Crippen molar-refractivity contribution in [3.63, 3.8) is 0 Å². The molecule has 106 valence electrons. The first-order valence-corrected chi connectivity index (χ1v) is 6.52. The highest BCUT2D eigenvalue weighted by Crippen LogP contribution is 2.15. The Hall–Kier alpha value is -1.62. The second-order valence-corrected chi connectivity index (χ2v) is 5.17. The second kappa shape index (κ2) is 6.52. The van der Waals surface area contributed by atoms with Crippen LogP contribution < -0.4 is 5.32 Å². The number of hydrogen-bond acceptors (Lipinski definition) is 4. The third kappa shape index (κ3) is 3.92. The standard InChI is InChI=1S/C14H23N3O2/c1-5-9-15-12-8-6-7-11(16-12)13(19)17(4)14(2,3)10-18/h6-8,18H,5,9-10H2,1-4H3,(H,15,16). The van der Waals surface area contributed by atoms with Crippen molar-refractivity contribution >= 4 is 11.7 Å². The lowest BCUT2D eigenvalue weighted by Crippen LogP contribution is -2.47. The second-order valence-electron chi connectivity index (χ2n) is 5.17. The number of aromatic nitrogens is 1. The summed E-state index contributed by atoms with van der Waals surface area (Å²) in [5, 5.41) is 12.5. The molecule has 1 rings (SSSR count). The maximum absolute atomic E-state index is 12.3. The molecule has 0 unspecified atom stereocenters. The Morgan fingerprint density at radius 2 is 2.16 bits per heavy atom. The van der Waals surface area contributed by atoms with Gasteiger partial charge in [-0.2, -0.15) is 0 Å². The summed E-state index contributed by atoms with van der Waals surface area (Å²) >= 11 is 0. The van der Waals surface area contributed by atoms with Gasteiger partial charge in [-0.25, -0.2) is 4.98 Å². The number of pyridine rings is 1. The monoisotopic (exact) mass is 265 g/mol. The average molecular weight is 265 g/mol. The third-order valence-corrected chi connectivity index (χ3v) is 3.12. The molecule has 0 radical (unpaired) electrons. The SMILES string of the molecule is CCCNc1cccc(C(=O)N(C)C(C)(C)CO)n1. The summed E-state index contributed by atoms with van der Waals surface area (Å²) in [6.07, 6.45) is 0.997. The molecule has 1 amide bonds. The molecule has 2 N–H and O–H groups in total. The predicted molar refractivity (Wildman–Crippen MR) is 76.3 cm³/mol. The van der Waals surface area contributed by atoms with Crippen molar-refractivity contribution < 1.29 is 9.90 Å². The Kier molecular flexibility index (Phi) is 5.30. The van der Waals surface area contributed by atoms with Crippen LogP contribution in [-0.2, 0) is 0 Å². The van der Waals surface area contributed by atoms with Crippen LogP contribution in [0.5, 0.6) is 0 Å².